The van der Waals surface area contributed by atoms with Crippen LogP contribution in [0.2, 0.25) is 0 Å². The van der Waals surface area contributed by atoms with Gasteiger partial charge in [-0.15, -0.1) is 11.8 Å². The van der Waals surface area contributed by atoms with Crippen LogP contribution in [0.1, 0.15) is 45.3 Å². The number of aliphatic carboxylic acids is 1. The zero-order chi connectivity index (χ0) is 24.4. The molecule has 0 amide bonds. The van der Waals surface area contributed by atoms with Gasteiger partial charge in [0, 0.05) is 23.6 Å². The maximum absolute atomic E-state index is 13.6. The molecule has 0 bridgehead atoms. The second-order valence-electron chi connectivity index (χ2n) is 8.10. The predicted molar refractivity (Wildman–Crippen MR) is 134 cm³/mol. The van der Waals surface area contributed by atoms with Crippen LogP contribution in [0.4, 0.5) is 8.78 Å². The van der Waals surface area contributed by atoms with Crippen LogP contribution < -0.4 is 34.7 Å². The third kappa shape index (κ3) is 5.76. The Bertz CT molecular complexity index is 1510. The number of fused-ring (bicyclic) bond motifs is 3. The summed E-state index contributed by atoms with van der Waals surface area (Å²) in [7, 11) is 0. The van der Waals surface area contributed by atoms with Crippen LogP contribution in [-0.2, 0) is 4.79 Å². The molecule has 0 spiro atoms. The minimum Gasteiger partial charge on any atom is -0.550 e. The van der Waals surface area contributed by atoms with E-state index in [1.54, 1.807) is 30.1 Å². The quantitative estimate of drug-likeness (QED) is 0.375. The average molecular weight is 509 g/mol. The van der Waals surface area contributed by atoms with Crippen molar-refractivity contribution in [2.45, 2.75) is 11.7 Å². The molecule has 4 aromatic rings. The number of aromatic nitrogens is 2. The molecule has 2 aromatic heterocycles. The van der Waals surface area contributed by atoms with Crippen molar-refractivity contribution in [3.8, 4) is 0 Å². The molecule has 1 unspecified atom stereocenters. The molecule has 0 radical (unpaired) electrons. The van der Waals surface area contributed by atoms with Gasteiger partial charge in [0.25, 0.3) is 0 Å². The molecule has 1 aliphatic rings. The average Bonchev–Trinajstić information content (AvgIpc) is 3.00. The van der Waals surface area contributed by atoms with Crippen LogP contribution in [0.5, 0.6) is 0 Å². The van der Waals surface area contributed by atoms with E-state index in [0.29, 0.717) is 22.3 Å². The number of thioether (sulfide) groups is 1. The van der Waals surface area contributed by atoms with Crippen LogP contribution in [0, 0.1) is 11.6 Å². The summed E-state index contributed by atoms with van der Waals surface area (Å²) in [5.74, 6) is -2.48. The standard InChI is InChI=1S/C28H20F2N2O2S.Na/c29-23-15-19-6-9-20(32-26(19)16-24(23)30)8-4-17-3-5-18-7-10-25-21(2-1-12-31-25)28(22(18)14-17)35-13-11-27(33)34;/h1-10,12,14-16,28H,11,13H2,(H,33,34);/q;+1/p-1/b8-4+;. The molecule has 174 valence electrons. The summed E-state index contributed by atoms with van der Waals surface area (Å²) in [6.45, 7) is 0. The fourth-order valence-electron chi connectivity index (χ4n) is 4.05. The first-order chi connectivity index (χ1) is 17.0. The second-order valence-corrected chi connectivity index (χ2v) is 9.31. The monoisotopic (exact) mass is 508 g/mol. The number of carbonyl (C=O) groups is 1. The number of carboxylic acids is 1. The van der Waals surface area contributed by atoms with Crippen molar-refractivity contribution in [1.82, 2.24) is 9.97 Å². The maximum atomic E-state index is 13.6. The van der Waals surface area contributed by atoms with Crippen LogP contribution in [0.25, 0.3) is 35.2 Å². The SMILES string of the molecule is O=C([O-])CCSC1c2cc(/C=C/c3ccc4cc(F)c(F)cc4n3)ccc2C=Cc2ncccc21.[Na+]. The van der Waals surface area contributed by atoms with Gasteiger partial charge in [-0.2, -0.15) is 0 Å². The molecule has 0 fully saturated rings. The van der Waals surface area contributed by atoms with Gasteiger partial charge in [-0.25, -0.2) is 13.8 Å². The van der Waals surface area contributed by atoms with Crippen molar-refractivity contribution >= 4 is 52.9 Å². The van der Waals surface area contributed by atoms with Gasteiger partial charge in [0.1, 0.15) is 0 Å². The van der Waals surface area contributed by atoms with Gasteiger partial charge in [0.05, 0.1) is 22.2 Å². The maximum Gasteiger partial charge on any atom is 1.00 e. The topological polar surface area (TPSA) is 65.9 Å². The number of benzene rings is 2. The van der Waals surface area contributed by atoms with Crippen molar-refractivity contribution < 1.29 is 48.2 Å². The predicted octanol–water partition coefficient (Wildman–Crippen LogP) is 2.53. The number of rotatable bonds is 6. The molecular weight excluding hydrogens is 489 g/mol. The first-order valence-corrected chi connectivity index (χ1v) is 12.0. The van der Waals surface area contributed by atoms with Crippen molar-refractivity contribution in [1.29, 1.82) is 0 Å². The number of carbonyl (C=O) groups excluding carboxylic acids is 1. The Kier molecular flexibility index (Phi) is 8.36. The molecule has 5 rings (SSSR count). The zero-order valence-corrected chi connectivity index (χ0v) is 22.3. The normalized spacial score (nSPS) is 14.2. The van der Waals surface area contributed by atoms with E-state index in [4.69, 9.17) is 0 Å². The molecular formula is C28H19F2N2NaO2S. The molecule has 4 nitrogen and oxygen atoms in total. The molecule has 0 N–H and O–H groups in total. The minimum atomic E-state index is -1.07. The first kappa shape index (κ1) is 26.2. The van der Waals surface area contributed by atoms with Gasteiger partial charge >= 0.3 is 29.6 Å². The second kappa shape index (κ2) is 11.5. The fourth-order valence-corrected chi connectivity index (χ4v) is 5.33. The van der Waals surface area contributed by atoms with Gasteiger partial charge < -0.3 is 9.90 Å². The van der Waals surface area contributed by atoms with Gasteiger partial charge in [-0.1, -0.05) is 36.4 Å². The summed E-state index contributed by atoms with van der Waals surface area (Å²) in [6.07, 6.45) is 9.44. The van der Waals surface area contributed by atoms with Crippen LogP contribution >= 0.6 is 11.8 Å². The molecule has 1 aliphatic carbocycles. The number of hydrogen-bond acceptors (Lipinski definition) is 5. The van der Waals surface area contributed by atoms with Crippen molar-refractivity contribution in [2.75, 3.05) is 5.75 Å². The molecule has 0 aliphatic heterocycles. The van der Waals surface area contributed by atoms with Crippen LogP contribution in [0.3, 0.4) is 0 Å². The van der Waals surface area contributed by atoms with Gasteiger partial charge in [0.2, 0.25) is 0 Å². The summed E-state index contributed by atoms with van der Waals surface area (Å²) in [5, 5.41) is 11.4. The van der Waals surface area contributed by atoms with Crippen LogP contribution in [0.15, 0.2) is 60.8 Å². The molecule has 2 aromatic carbocycles. The molecule has 36 heavy (non-hydrogen) atoms. The van der Waals surface area contributed by atoms with Crippen molar-refractivity contribution in [2.24, 2.45) is 0 Å². The molecule has 0 saturated carbocycles. The summed E-state index contributed by atoms with van der Waals surface area (Å²) >= 11 is 1.55. The Morgan fingerprint density at radius 3 is 2.67 bits per heavy atom. The Morgan fingerprint density at radius 1 is 1.00 bits per heavy atom. The van der Waals surface area contributed by atoms with E-state index in [-0.39, 0.29) is 41.2 Å². The third-order valence-corrected chi connectivity index (χ3v) is 7.04. The molecule has 0 saturated heterocycles. The Hall–Kier alpha value is -2.84. The number of hydrogen-bond donors (Lipinski definition) is 0. The summed E-state index contributed by atoms with van der Waals surface area (Å²) in [5.41, 5.74) is 5.91. The Morgan fingerprint density at radius 2 is 1.83 bits per heavy atom. The van der Waals surface area contributed by atoms with Gasteiger partial charge in [-0.05, 0) is 70.8 Å². The third-order valence-electron chi connectivity index (χ3n) is 5.76. The summed E-state index contributed by atoms with van der Waals surface area (Å²) in [4.78, 5) is 19.9. The van der Waals surface area contributed by atoms with Crippen LogP contribution in [-0.4, -0.2) is 21.7 Å². The Labute approximate surface area is 233 Å². The largest absolute Gasteiger partial charge is 1.00 e. The zero-order valence-electron chi connectivity index (χ0n) is 19.4. The number of nitrogens with zero attached hydrogens (tertiary/aromatic N) is 2. The van der Waals surface area contributed by atoms with E-state index in [1.165, 1.54) is 0 Å². The van der Waals surface area contributed by atoms with E-state index in [0.717, 1.165) is 40.1 Å². The van der Waals surface area contributed by atoms with E-state index >= 15 is 0 Å². The smallest absolute Gasteiger partial charge is 0.550 e. The van der Waals surface area contributed by atoms with E-state index in [9.17, 15) is 18.7 Å². The molecule has 2 heterocycles. The fraction of sp³-hybridized carbons (Fsp3) is 0.107. The van der Waals surface area contributed by atoms with Gasteiger partial charge in [-0.3, -0.25) is 4.98 Å². The number of pyridine rings is 2. The first-order valence-electron chi connectivity index (χ1n) is 11.0. The van der Waals surface area contributed by atoms with Crippen molar-refractivity contribution in [3.05, 3.63) is 106 Å². The molecule has 8 heteroatoms. The summed E-state index contributed by atoms with van der Waals surface area (Å²) in [6, 6.07) is 15.7. The van der Waals surface area contributed by atoms with E-state index < -0.39 is 17.6 Å². The molecule has 1 atom stereocenters. The summed E-state index contributed by atoms with van der Waals surface area (Å²) < 4.78 is 27.1. The number of halogens is 2. The van der Waals surface area contributed by atoms with Crippen molar-refractivity contribution in [3.63, 3.8) is 0 Å². The Balaban J connectivity index is 0.00000304. The van der Waals surface area contributed by atoms with Gasteiger partial charge in [0.15, 0.2) is 11.6 Å². The van der Waals surface area contributed by atoms with E-state index in [2.05, 4.69) is 16.0 Å². The minimum absolute atomic E-state index is 0. The number of carboxylic acid groups (broad SMARTS) is 1. The van der Waals surface area contributed by atoms with E-state index in [1.807, 2.05) is 48.6 Å².